The van der Waals surface area contributed by atoms with E-state index in [-0.39, 0.29) is 17.2 Å². The van der Waals surface area contributed by atoms with Gasteiger partial charge in [-0.05, 0) is 66.1 Å². The molecule has 0 aromatic heterocycles. The number of amides is 4. The highest BCUT2D eigenvalue weighted by Crippen LogP contribution is 2.39. The third kappa shape index (κ3) is 6.85. The first-order chi connectivity index (χ1) is 21.4. The highest BCUT2D eigenvalue weighted by molar-refractivity contribution is 6.39. The zero-order valence-electron chi connectivity index (χ0n) is 24.0. The van der Waals surface area contributed by atoms with Crippen LogP contribution in [0.25, 0.3) is 6.08 Å². The number of rotatable bonds is 11. The maximum Gasteiger partial charge on any atom is 0.335 e. The third-order valence-electron chi connectivity index (χ3n) is 6.61. The quantitative estimate of drug-likeness (QED) is 0.151. The molecule has 1 aliphatic heterocycles. The number of benzene rings is 4. The Kier molecular flexibility index (Phi) is 9.46. The Morgan fingerprint density at radius 2 is 1.48 bits per heavy atom. The molecule has 0 unspecified atom stereocenters. The number of carbonyl (C=O) groups excluding carboxylic acids is 3. The van der Waals surface area contributed by atoms with Crippen molar-refractivity contribution in [2.24, 2.45) is 0 Å². The Labute approximate surface area is 259 Å². The van der Waals surface area contributed by atoms with Gasteiger partial charge >= 0.3 is 6.03 Å². The van der Waals surface area contributed by atoms with Crippen LogP contribution in [0, 0.1) is 0 Å². The SMILES string of the molecule is CCOc1cc(/C=C2/C(=O)NC(=O)N(c3ccccc3)C2=O)cc(Cl)c1OCc1ccc(OCc2ccccc2)c(OC)c1. The normalized spacial score (nSPS) is 13.9. The van der Waals surface area contributed by atoms with Crippen LogP contribution in [0.3, 0.4) is 0 Å². The smallest absolute Gasteiger partial charge is 0.335 e. The Morgan fingerprint density at radius 3 is 2.18 bits per heavy atom. The Balaban J connectivity index is 1.35. The molecule has 0 radical (unpaired) electrons. The molecule has 1 fully saturated rings. The van der Waals surface area contributed by atoms with Crippen LogP contribution in [0.4, 0.5) is 10.5 Å². The molecular weight excluding hydrogens is 584 g/mol. The maximum atomic E-state index is 13.2. The molecule has 4 aromatic carbocycles. The van der Waals surface area contributed by atoms with Gasteiger partial charge in [0.15, 0.2) is 23.0 Å². The van der Waals surface area contributed by atoms with Crippen LogP contribution < -0.4 is 29.2 Å². The van der Waals surface area contributed by atoms with Gasteiger partial charge in [-0.15, -0.1) is 0 Å². The molecule has 0 aliphatic carbocycles. The molecule has 9 nitrogen and oxygen atoms in total. The molecule has 1 heterocycles. The van der Waals surface area contributed by atoms with Crippen LogP contribution in [0.1, 0.15) is 23.6 Å². The van der Waals surface area contributed by atoms with Crippen molar-refractivity contribution in [2.45, 2.75) is 20.1 Å². The van der Waals surface area contributed by atoms with Gasteiger partial charge in [0.25, 0.3) is 11.8 Å². The van der Waals surface area contributed by atoms with E-state index in [0.29, 0.717) is 47.5 Å². The molecule has 10 heteroatoms. The lowest BCUT2D eigenvalue weighted by Crippen LogP contribution is -2.54. The first-order valence-corrected chi connectivity index (χ1v) is 14.1. The lowest BCUT2D eigenvalue weighted by Gasteiger charge is -2.26. The summed E-state index contributed by atoms with van der Waals surface area (Å²) >= 11 is 6.63. The van der Waals surface area contributed by atoms with Crippen molar-refractivity contribution in [1.82, 2.24) is 5.32 Å². The average molecular weight is 613 g/mol. The number of ether oxygens (including phenoxy) is 4. The van der Waals surface area contributed by atoms with Crippen LogP contribution in [0.5, 0.6) is 23.0 Å². The average Bonchev–Trinajstić information content (AvgIpc) is 3.03. The number of imide groups is 2. The molecule has 1 aliphatic rings. The van der Waals surface area contributed by atoms with Gasteiger partial charge in [-0.2, -0.15) is 0 Å². The zero-order valence-corrected chi connectivity index (χ0v) is 24.8. The summed E-state index contributed by atoms with van der Waals surface area (Å²) in [6.45, 7) is 2.66. The minimum absolute atomic E-state index is 0.143. The van der Waals surface area contributed by atoms with Gasteiger partial charge < -0.3 is 18.9 Å². The molecular formula is C34H29ClN2O7. The number of nitrogens with one attached hydrogen (secondary N) is 1. The van der Waals surface area contributed by atoms with Crippen molar-refractivity contribution in [1.29, 1.82) is 0 Å². The van der Waals surface area contributed by atoms with Gasteiger partial charge in [-0.1, -0.05) is 66.2 Å². The number of hydrogen-bond acceptors (Lipinski definition) is 7. The fraction of sp³-hybridized carbons (Fsp3) is 0.147. The zero-order chi connectivity index (χ0) is 31.1. The second-order valence-electron chi connectivity index (χ2n) is 9.60. The molecule has 0 bridgehead atoms. The molecule has 0 spiro atoms. The summed E-state index contributed by atoms with van der Waals surface area (Å²) in [5, 5.41) is 2.42. The highest BCUT2D eigenvalue weighted by atomic mass is 35.5. The summed E-state index contributed by atoms with van der Waals surface area (Å²) in [6, 6.07) is 26.0. The van der Waals surface area contributed by atoms with Gasteiger partial charge in [0.1, 0.15) is 18.8 Å². The third-order valence-corrected chi connectivity index (χ3v) is 6.89. The van der Waals surface area contributed by atoms with E-state index in [2.05, 4.69) is 5.32 Å². The molecule has 4 aromatic rings. The van der Waals surface area contributed by atoms with Crippen molar-refractivity contribution in [3.63, 3.8) is 0 Å². The highest BCUT2D eigenvalue weighted by Gasteiger charge is 2.36. The van der Waals surface area contributed by atoms with E-state index < -0.39 is 17.8 Å². The Hall–Kier alpha value is -5.28. The van der Waals surface area contributed by atoms with E-state index in [0.717, 1.165) is 16.0 Å². The number of nitrogens with zero attached hydrogens (tertiary/aromatic N) is 1. The summed E-state index contributed by atoms with van der Waals surface area (Å²) in [5.74, 6) is 0.190. The fourth-order valence-corrected chi connectivity index (χ4v) is 4.80. The van der Waals surface area contributed by atoms with Crippen molar-refractivity contribution < 1.29 is 33.3 Å². The Bertz CT molecular complexity index is 1710. The number of hydrogen-bond donors (Lipinski definition) is 1. The molecule has 224 valence electrons. The minimum atomic E-state index is -0.826. The fourth-order valence-electron chi connectivity index (χ4n) is 4.52. The van der Waals surface area contributed by atoms with Crippen molar-refractivity contribution >= 4 is 41.2 Å². The van der Waals surface area contributed by atoms with Gasteiger partial charge in [0, 0.05) is 0 Å². The maximum absolute atomic E-state index is 13.2. The summed E-state index contributed by atoms with van der Waals surface area (Å²) in [5.41, 5.74) is 2.34. The number of methoxy groups -OCH3 is 1. The van der Waals surface area contributed by atoms with Gasteiger partial charge in [-0.25, -0.2) is 9.69 Å². The van der Waals surface area contributed by atoms with E-state index in [9.17, 15) is 14.4 Å². The molecule has 0 saturated carbocycles. The molecule has 1 saturated heterocycles. The van der Waals surface area contributed by atoms with Crippen molar-refractivity contribution in [3.05, 3.63) is 118 Å². The van der Waals surface area contributed by atoms with Crippen LogP contribution >= 0.6 is 11.6 Å². The lowest BCUT2D eigenvalue weighted by atomic mass is 10.1. The first-order valence-electron chi connectivity index (χ1n) is 13.8. The molecule has 4 amide bonds. The largest absolute Gasteiger partial charge is 0.493 e. The van der Waals surface area contributed by atoms with Gasteiger partial charge in [0.2, 0.25) is 0 Å². The Morgan fingerprint density at radius 1 is 0.773 bits per heavy atom. The monoisotopic (exact) mass is 612 g/mol. The van der Waals surface area contributed by atoms with Crippen LogP contribution in [0.2, 0.25) is 5.02 Å². The number of para-hydroxylation sites is 1. The molecule has 1 N–H and O–H groups in total. The van der Waals surface area contributed by atoms with Crippen molar-refractivity contribution in [3.8, 4) is 23.0 Å². The predicted molar refractivity (Wildman–Crippen MR) is 166 cm³/mol. The minimum Gasteiger partial charge on any atom is -0.493 e. The van der Waals surface area contributed by atoms with Crippen molar-refractivity contribution in [2.75, 3.05) is 18.6 Å². The van der Waals surface area contributed by atoms with Crippen LogP contribution in [-0.4, -0.2) is 31.6 Å². The number of halogens is 1. The van der Waals surface area contributed by atoms with Gasteiger partial charge in [-0.3, -0.25) is 14.9 Å². The van der Waals surface area contributed by atoms with E-state index in [4.69, 9.17) is 30.5 Å². The standard InChI is InChI=1S/C34H29ClN2O7/c1-3-42-30-19-24(16-26-32(38)36-34(40)37(33(26)39)25-12-8-5-9-13-25)17-27(35)31(30)44-21-23-14-15-28(29(18-23)41-2)43-20-22-10-6-4-7-11-22/h4-19H,3,20-21H2,1-2H3,(H,36,38,40)/b26-16-. The number of carbonyl (C=O) groups is 3. The second kappa shape index (κ2) is 13.8. The first kappa shape index (κ1) is 30.2. The van der Waals surface area contributed by atoms with Gasteiger partial charge in [0.05, 0.1) is 24.4 Å². The van der Waals surface area contributed by atoms with E-state index >= 15 is 0 Å². The summed E-state index contributed by atoms with van der Waals surface area (Å²) in [4.78, 5) is 39.3. The van der Waals surface area contributed by atoms with E-state index in [1.807, 2.05) is 55.5 Å². The van der Waals surface area contributed by atoms with Crippen LogP contribution in [-0.2, 0) is 22.8 Å². The second-order valence-corrected chi connectivity index (χ2v) is 10.0. The number of urea groups is 1. The topological polar surface area (TPSA) is 103 Å². The van der Waals surface area contributed by atoms with Crippen LogP contribution in [0.15, 0.2) is 96.6 Å². The number of anilines is 1. The number of barbiturate groups is 1. The predicted octanol–water partition coefficient (Wildman–Crippen LogP) is 6.57. The van der Waals surface area contributed by atoms with E-state index in [1.54, 1.807) is 49.6 Å². The summed E-state index contributed by atoms with van der Waals surface area (Å²) in [6.07, 6.45) is 1.36. The lowest BCUT2D eigenvalue weighted by molar-refractivity contribution is -0.122. The molecule has 44 heavy (non-hydrogen) atoms. The summed E-state index contributed by atoms with van der Waals surface area (Å²) in [7, 11) is 1.57. The summed E-state index contributed by atoms with van der Waals surface area (Å²) < 4.78 is 23.4. The van der Waals surface area contributed by atoms with E-state index in [1.165, 1.54) is 6.08 Å². The molecule has 5 rings (SSSR count). The molecule has 0 atom stereocenters.